The summed E-state index contributed by atoms with van der Waals surface area (Å²) in [5.74, 6) is 0.376. The molecule has 1 aromatic rings. The standard InChI is InChI=1S/C14H22N4O4/c1-20-6-3-15-13(19)11-9-16-14(17-12(11)10-21-2)18-4-7-22-8-5-18/h9H,3-8,10H2,1-2H3,(H,15,19). The van der Waals surface area contributed by atoms with Crippen molar-refractivity contribution in [1.29, 1.82) is 0 Å². The highest BCUT2D eigenvalue weighted by molar-refractivity contribution is 5.95. The Morgan fingerprint density at radius 2 is 2.14 bits per heavy atom. The summed E-state index contributed by atoms with van der Waals surface area (Å²) < 4.78 is 15.4. The van der Waals surface area contributed by atoms with Gasteiger partial charge in [-0.25, -0.2) is 9.97 Å². The average Bonchev–Trinajstić information content (AvgIpc) is 2.56. The molecule has 8 nitrogen and oxygen atoms in total. The van der Waals surface area contributed by atoms with Gasteiger partial charge in [0.05, 0.1) is 37.7 Å². The Labute approximate surface area is 129 Å². The van der Waals surface area contributed by atoms with Crippen molar-refractivity contribution in [1.82, 2.24) is 15.3 Å². The number of methoxy groups -OCH3 is 2. The van der Waals surface area contributed by atoms with Gasteiger partial charge in [-0.2, -0.15) is 0 Å². The number of nitrogens with one attached hydrogen (secondary N) is 1. The van der Waals surface area contributed by atoms with Gasteiger partial charge < -0.3 is 24.4 Å². The second-order valence-electron chi connectivity index (χ2n) is 4.81. The monoisotopic (exact) mass is 310 g/mol. The van der Waals surface area contributed by atoms with Crippen LogP contribution in [0.2, 0.25) is 0 Å². The molecule has 2 heterocycles. The number of nitrogens with zero attached hydrogens (tertiary/aromatic N) is 3. The summed E-state index contributed by atoms with van der Waals surface area (Å²) >= 11 is 0. The van der Waals surface area contributed by atoms with Crippen LogP contribution >= 0.6 is 0 Å². The Morgan fingerprint density at radius 1 is 1.36 bits per heavy atom. The van der Waals surface area contributed by atoms with Gasteiger partial charge in [-0.15, -0.1) is 0 Å². The van der Waals surface area contributed by atoms with Crippen molar-refractivity contribution in [3.8, 4) is 0 Å². The molecule has 1 aliphatic heterocycles. The lowest BCUT2D eigenvalue weighted by Crippen LogP contribution is -2.38. The lowest BCUT2D eigenvalue weighted by Gasteiger charge is -2.27. The fourth-order valence-electron chi connectivity index (χ4n) is 2.12. The van der Waals surface area contributed by atoms with Crippen LogP contribution in [0, 0.1) is 0 Å². The van der Waals surface area contributed by atoms with E-state index in [1.165, 1.54) is 0 Å². The molecule has 122 valence electrons. The molecule has 0 unspecified atom stereocenters. The van der Waals surface area contributed by atoms with Crippen molar-refractivity contribution in [3.05, 3.63) is 17.5 Å². The molecule has 0 bridgehead atoms. The number of carbonyl (C=O) groups excluding carboxylic acids is 1. The van der Waals surface area contributed by atoms with E-state index in [0.29, 0.717) is 43.6 Å². The highest BCUT2D eigenvalue weighted by Crippen LogP contribution is 2.14. The molecule has 1 aromatic heterocycles. The number of hydrogen-bond acceptors (Lipinski definition) is 7. The van der Waals surface area contributed by atoms with Crippen LogP contribution in [0.1, 0.15) is 16.1 Å². The molecule has 2 rings (SSSR count). The molecule has 0 radical (unpaired) electrons. The van der Waals surface area contributed by atoms with Crippen LogP contribution in [-0.2, 0) is 20.8 Å². The largest absolute Gasteiger partial charge is 0.383 e. The van der Waals surface area contributed by atoms with E-state index in [9.17, 15) is 4.79 Å². The summed E-state index contributed by atoms with van der Waals surface area (Å²) in [6, 6.07) is 0. The first kappa shape index (κ1) is 16.6. The minimum Gasteiger partial charge on any atom is -0.383 e. The molecule has 8 heteroatoms. The zero-order valence-corrected chi connectivity index (χ0v) is 13.0. The molecule has 1 fully saturated rings. The number of aromatic nitrogens is 2. The SMILES string of the molecule is COCCNC(=O)c1cnc(N2CCOCC2)nc1COC. The molecule has 0 aromatic carbocycles. The zero-order valence-electron chi connectivity index (χ0n) is 13.0. The minimum atomic E-state index is -0.224. The van der Waals surface area contributed by atoms with Crippen LogP contribution in [-0.4, -0.2) is 69.5 Å². The van der Waals surface area contributed by atoms with E-state index in [2.05, 4.69) is 15.3 Å². The topological polar surface area (TPSA) is 85.8 Å². The van der Waals surface area contributed by atoms with Gasteiger partial charge in [-0.05, 0) is 0 Å². The van der Waals surface area contributed by atoms with E-state index < -0.39 is 0 Å². The van der Waals surface area contributed by atoms with Crippen LogP contribution in [0.4, 0.5) is 5.95 Å². The number of morpholine rings is 1. The molecule has 1 amide bonds. The van der Waals surface area contributed by atoms with Gasteiger partial charge in [0.1, 0.15) is 0 Å². The third kappa shape index (κ3) is 4.36. The molecule has 0 atom stereocenters. The maximum Gasteiger partial charge on any atom is 0.254 e. The van der Waals surface area contributed by atoms with E-state index in [4.69, 9.17) is 14.2 Å². The molecular weight excluding hydrogens is 288 g/mol. The number of rotatable bonds is 7. The van der Waals surface area contributed by atoms with Gasteiger partial charge >= 0.3 is 0 Å². The summed E-state index contributed by atoms with van der Waals surface area (Å²) in [6.45, 7) is 3.94. The Morgan fingerprint density at radius 3 is 2.82 bits per heavy atom. The zero-order chi connectivity index (χ0) is 15.8. The molecule has 1 aliphatic rings. The van der Waals surface area contributed by atoms with Crippen molar-refractivity contribution in [3.63, 3.8) is 0 Å². The lowest BCUT2D eigenvalue weighted by molar-refractivity contribution is 0.0930. The fourth-order valence-corrected chi connectivity index (χ4v) is 2.12. The fraction of sp³-hybridized carbons (Fsp3) is 0.643. The Balaban J connectivity index is 2.13. The van der Waals surface area contributed by atoms with Crippen LogP contribution in [0.25, 0.3) is 0 Å². The Bertz CT molecular complexity index is 492. The van der Waals surface area contributed by atoms with Crippen LogP contribution < -0.4 is 10.2 Å². The molecule has 0 spiro atoms. The Hall–Kier alpha value is -1.77. The molecule has 0 aliphatic carbocycles. The van der Waals surface area contributed by atoms with E-state index in [-0.39, 0.29) is 12.5 Å². The molecule has 22 heavy (non-hydrogen) atoms. The smallest absolute Gasteiger partial charge is 0.254 e. The van der Waals surface area contributed by atoms with Crippen molar-refractivity contribution >= 4 is 11.9 Å². The van der Waals surface area contributed by atoms with Gasteiger partial charge in [0.25, 0.3) is 5.91 Å². The molecule has 1 N–H and O–H groups in total. The van der Waals surface area contributed by atoms with Crippen molar-refractivity contribution in [2.24, 2.45) is 0 Å². The first-order valence-electron chi connectivity index (χ1n) is 7.21. The van der Waals surface area contributed by atoms with Gasteiger partial charge in [0.15, 0.2) is 0 Å². The summed E-state index contributed by atoms with van der Waals surface area (Å²) in [5, 5.41) is 2.76. The molecule has 1 saturated heterocycles. The predicted octanol–water partition coefficient (Wildman–Crippen LogP) is -0.164. The van der Waals surface area contributed by atoms with Gasteiger partial charge in [0, 0.05) is 40.1 Å². The maximum atomic E-state index is 12.2. The predicted molar refractivity (Wildman–Crippen MR) is 80.0 cm³/mol. The van der Waals surface area contributed by atoms with Crippen LogP contribution in [0.3, 0.4) is 0 Å². The van der Waals surface area contributed by atoms with Gasteiger partial charge in [0.2, 0.25) is 5.95 Å². The summed E-state index contributed by atoms with van der Waals surface area (Å²) in [7, 11) is 3.16. The minimum absolute atomic E-state index is 0.224. The third-order valence-corrected chi connectivity index (χ3v) is 3.27. The second kappa shape index (κ2) is 8.62. The highest BCUT2D eigenvalue weighted by Gasteiger charge is 2.18. The summed E-state index contributed by atoms with van der Waals surface area (Å²) in [4.78, 5) is 23.0. The lowest BCUT2D eigenvalue weighted by atomic mass is 10.2. The molecular formula is C14H22N4O4. The number of anilines is 1. The summed E-state index contributed by atoms with van der Waals surface area (Å²) in [5.41, 5.74) is 1.00. The quantitative estimate of drug-likeness (QED) is 0.700. The third-order valence-electron chi connectivity index (χ3n) is 3.27. The highest BCUT2D eigenvalue weighted by atomic mass is 16.5. The van der Waals surface area contributed by atoms with Crippen LogP contribution in [0.5, 0.6) is 0 Å². The summed E-state index contributed by atoms with van der Waals surface area (Å²) in [6.07, 6.45) is 1.55. The number of carbonyl (C=O) groups is 1. The number of ether oxygens (including phenoxy) is 3. The first-order chi connectivity index (χ1) is 10.8. The Kier molecular flexibility index (Phi) is 6.50. The first-order valence-corrected chi connectivity index (χ1v) is 7.21. The van der Waals surface area contributed by atoms with E-state index >= 15 is 0 Å². The van der Waals surface area contributed by atoms with Crippen LogP contribution in [0.15, 0.2) is 6.20 Å². The van der Waals surface area contributed by atoms with Crippen molar-refractivity contribution in [2.45, 2.75) is 6.61 Å². The number of hydrogen-bond donors (Lipinski definition) is 1. The maximum absolute atomic E-state index is 12.2. The normalized spacial score (nSPS) is 14.9. The van der Waals surface area contributed by atoms with Crippen molar-refractivity contribution < 1.29 is 19.0 Å². The van der Waals surface area contributed by atoms with Crippen molar-refractivity contribution in [2.75, 3.05) is 58.6 Å². The second-order valence-corrected chi connectivity index (χ2v) is 4.81. The number of amides is 1. The van der Waals surface area contributed by atoms with E-state index in [1.807, 2.05) is 4.90 Å². The van der Waals surface area contributed by atoms with Gasteiger partial charge in [-0.3, -0.25) is 4.79 Å². The van der Waals surface area contributed by atoms with E-state index in [1.54, 1.807) is 20.4 Å². The average molecular weight is 310 g/mol. The molecule has 0 saturated carbocycles. The van der Waals surface area contributed by atoms with Gasteiger partial charge in [-0.1, -0.05) is 0 Å². The van der Waals surface area contributed by atoms with E-state index in [0.717, 1.165) is 13.1 Å².